The largest absolute Gasteiger partial charge is 0.356 e. The van der Waals surface area contributed by atoms with E-state index in [1.165, 1.54) is 32.2 Å². The maximum atomic E-state index is 4.49. The molecule has 2 aliphatic rings. The first kappa shape index (κ1) is 13.0. The summed E-state index contributed by atoms with van der Waals surface area (Å²) in [4.78, 5) is 11.2. The molecule has 2 aromatic rings. The van der Waals surface area contributed by atoms with Gasteiger partial charge in [0.15, 0.2) is 5.65 Å². The number of hydrogen-bond acceptors (Lipinski definition) is 5. The first-order chi connectivity index (χ1) is 10.3. The fraction of sp³-hybridized carbons (Fsp3) is 0.667. The number of anilines is 1. The highest BCUT2D eigenvalue weighted by Gasteiger charge is 2.25. The van der Waals surface area contributed by atoms with Crippen molar-refractivity contribution in [2.45, 2.75) is 31.7 Å². The number of rotatable bonds is 4. The molecule has 6 heteroatoms. The Morgan fingerprint density at radius 3 is 2.76 bits per heavy atom. The molecule has 0 atom stereocenters. The van der Waals surface area contributed by atoms with Crippen molar-refractivity contribution in [1.82, 2.24) is 25.1 Å². The molecule has 21 heavy (non-hydrogen) atoms. The molecule has 1 N–H and O–H groups in total. The number of hydrogen-bond donors (Lipinski definition) is 1. The van der Waals surface area contributed by atoms with E-state index in [4.69, 9.17) is 0 Å². The van der Waals surface area contributed by atoms with Gasteiger partial charge in [-0.2, -0.15) is 5.10 Å². The molecule has 2 fully saturated rings. The molecule has 0 spiro atoms. The third-order valence-corrected chi connectivity index (χ3v) is 4.70. The zero-order valence-corrected chi connectivity index (χ0v) is 12.5. The van der Waals surface area contributed by atoms with E-state index < -0.39 is 0 Å². The molecule has 1 saturated carbocycles. The second kappa shape index (κ2) is 5.26. The van der Waals surface area contributed by atoms with Crippen molar-refractivity contribution in [2.75, 3.05) is 24.5 Å². The van der Waals surface area contributed by atoms with Crippen LogP contribution in [0.2, 0.25) is 0 Å². The Balaban J connectivity index is 1.44. The molecule has 3 heterocycles. The van der Waals surface area contributed by atoms with E-state index in [0.717, 1.165) is 35.9 Å². The average Bonchev–Trinajstić information content (AvgIpc) is 3.28. The third kappa shape index (κ3) is 2.60. The number of nitrogens with zero attached hydrogens (tertiary/aromatic N) is 5. The van der Waals surface area contributed by atoms with Crippen LogP contribution in [0.15, 0.2) is 12.5 Å². The van der Waals surface area contributed by atoms with Crippen LogP contribution >= 0.6 is 0 Å². The molecule has 4 rings (SSSR count). The molecule has 6 nitrogen and oxygen atoms in total. The molecule has 112 valence electrons. The van der Waals surface area contributed by atoms with Gasteiger partial charge in [-0.25, -0.2) is 9.97 Å². The Bertz CT molecular complexity index is 624. The summed E-state index contributed by atoms with van der Waals surface area (Å²) in [5.41, 5.74) is 0.911. The van der Waals surface area contributed by atoms with Gasteiger partial charge in [-0.3, -0.25) is 4.68 Å². The Hall–Kier alpha value is -1.69. The molecule has 1 saturated heterocycles. The SMILES string of the molecule is Cn1ncc2c(N3CCC(NCC4CC4)CC3)ncnc21. The Morgan fingerprint density at radius 2 is 2.00 bits per heavy atom. The van der Waals surface area contributed by atoms with Gasteiger partial charge in [-0.1, -0.05) is 0 Å². The summed E-state index contributed by atoms with van der Waals surface area (Å²) in [6, 6.07) is 0.674. The summed E-state index contributed by atoms with van der Waals surface area (Å²) in [6.07, 6.45) is 8.76. The number of fused-ring (bicyclic) bond motifs is 1. The molecular formula is C15H22N6. The minimum Gasteiger partial charge on any atom is -0.356 e. The summed E-state index contributed by atoms with van der Waals surface area (Å²) in [5, 5.41) is 9.08. The van der Waals surface area contributed by atoms with Gasteiger partial charge < -0.3 is 10.2 Å². The van der Waals surface area contributed by atoms with Gasteiger partial charge in [0, 0.05) is 26.2 Å². The summed E-state index contributed by atoms with van der Waals surface area (Å²) >= 11 is 0. The maximum absolute atomic E-state index is 4.49. The minimum atomic E-state index is 0.674. The lowest BCUT2D eigenvalue weighted by Crippen LogP contribution is -2.43. The number of aromatic nitrogens is 4. The van der Waals surface area contributed by atoms with Gasteiger partial charge in [0.1, 0.15) is 12.1 Å². The van der Waals surface area contributed by atoms with Crippen molar-refractivity contribution in [3.05, 3.63) is 12.5 Å². The van der Waals surface area contributed by atoms with E-state index in [-0.39, 0.29) is 0 Å². The highest BCUT2D eigenvalue weighted by molar-refractivity contribution is 5.86. The highest BCUT2D eigenvalue weighted by atomic mass is 15.3. The lowest BCUT2D eigenvalue weighted by Gasteiger charge is -2.33. The van der Waals surface area contributed by atoms with Crippen molar-refractivity contribution < 1.29 is 0 Å². The van der Waals surface area contributed by atoms with Crippen LogP contribution in [0.1, 0.15) is 25.7 Å². The van der Waals surface area contributed by atoms with E-state index in [0.29, 0.717) is 6.04 Å². The third-order valence-electron chi connectivity index (χ3n) is 4.70. The molecule has 1 aliphatic carbocycles. The number of piperidine rings is 1. The van der Waals surface area contributed by atoms with E-state index in [9.17, 15) is 0 Å². The van der Waals surface area contributed by atoms with Crippen LogP contribution in [0.4, 0.5) is 5.82 Å². The Labute approximate surface area is 124 Å². The first-order valence-corrected chi connectivity index (χ1v) is 7.92. The molecule has 1 aliphatic heterocycles. The van der Waals surface area contributed by atoms with Crippen LogP contribution < -0.4 is 10.2 Å². The van der Waals surface area contributed by atoms with Gasteiger partial charge in [0.25, 0.3) is 0 Å². The van der Waals surface area contributed by atoms with Gasteiger partial charge in [0.05, 0.1) is 11.6 Å². The minimum absolute atomic E-state index is 0.674. The van der Waals surface area contributed by atoms with Crippen molar-refractivity contribution >= 4 is 16.9 Å². The van der Waals surface area contributed by atoms with Crippen LogP contribution in [0.5, 0.6) is 0 Å². The van der Waals surface area contributed by atoms with Gasteiger partial charge >= 0.3 is 0 Å². The number of nitrogens with one attached hydrogen (secondary N) is 1. The van der Waals surface area contributed by atoms with Gasteiger partial charge in [-0.15, -0.1) is 0 Å². The van der Waals surface area contributed by atoms with Crippen molar-refractivity contribution in [3.63, 3.8) is 0 Å². The average molecular weight is 286 g/mol. The highest BCUT2D eigenvalue weighted by Crippen LogP contribution is 2.29. The van der Waals surface area contributed by atoms with Crippen LogP contribution in [0, 0.1) is 5.92 Å². The summed E-state index contributed by atoms with van der Waals surface area (Å²) in [6.45, 7) is 3.33. The fourth-order valence-electron chi connectivity index (χ4n) is 3.15. The summed E-state index contributed by atoms with van der Waals surface area (Å²) < 4.78 is 1.81. The quantitative estimate of drug-likeness (QED) is 0.919. The number of aryl methyl sites for hydroxylation is 1. The van der Waals surface area contributed by atoms with Crippen LogP contribution in [0.25, 0.3) is 11.0 Å². The van der Waals surface area contributed by atoms with E-state index in [1.807, 2.05) is 17.9 Å². The lowest BCUT2D eigenvalue weighted by atomic mass is 10.0. The maximum Gasteiger partial charge on any atom is 0.163 e. The monoisotopic (exact) mass is 286 g/mol. The van der Waals surface area contributed by atoms with E-state index >= 15 is 0 Å². The molecule has 0 amide bonds. The van der Waals surface area contributed by atoms with Gasteiger partial charge in [0.2, 0.25) is 0 Å². The van der Waals surface area contributed by atoms with E-state index in [1.54, 1.807) is 6.33 Å². The van der Waals surface area contributed by atoms with Crippen molar-refractivity contribution in [1.29, 1.82) is 0 Å². The predicted molar refractivity (Wildman–Crippen MR) is 82.3 cm³/mol. The molecule has 0 aromatic carbocycles. The molecule has 0 radical (unpaired) electrons. The zero-order chi connectivity index (χ0) is 14.2. The Morgan fingerprint density at radius 1 is 1.19 bits per heavy atom. The first-order valence-electron chi connectivity index (χ1n) is 7.92. The van der Waals surface area contributed by atoms with Crippen LogP contribution in [0.3, 0.4) is 0 Å². The normalized spacial score (nSPS) is 20.3. The zero-order valence-electron chi connectivity index (χ0n) is 12.5. The molecule has 0 bridgehead atoms. The van der Waals surface area contributed by atoms with Gasteiger partial charge in [-0.05, 0) is 38.1 Å². The second-order valence-electron chi connectivity index (χ2n) is 6.32. The molecule has 0 unspecified atom stereocenters. The topological polar surface area (TPSA) is 58.9 Å². The molecule has 2 aromatic heterocycles. The smallest absolute Gasteiger partial charge is 0.163 e. The molecular weight excluding hydrogens is 264 g/mol. The van der Waals surface area contributed by atoms with Crippen LogP contribution in [-0.2, 0) is 7.05 Å². The second-order valence-corrected chi connectivity index (χ2v) is 6.32. The standard InChI is InChI=1S/C15H22N6/c1-20-14-13(9-19-20)15(18-10-17-14)21-6-4-12(5-7-21)16-8-11-2-3-11/h9-12,16H,2-8H2,1H3. The van der Waals surface area contributed by atoms with Crippen LogP contribution in [-0.4, -0.2) is 45.4 Å². The fourth-order valence-corrected chi connectivity index (χ4v) is 3.15. The van der Waals surface area contributed by atoms with Crippen molar-refractivity contribution in [2.24, 2.45) is 13.0 Å². The van der Waals surface area contributed by atoms with Crippen molar-refractivity contribution in [3.8, 4) is 0 Å². The van der Waals surface area contributed by atoms with E-state index in [2.05, 4.69) is 25.3 Å². The summed E-state index contributed by atoms with van der Waals surface area (Å²) in [7, 11) is 1.92. The lowest BCUT2D eigenvalue weighted by molar-refractivity contribution is 0.408. The summed E-state index contributed by atoms with van der Waals surface area (Å²) in [5.74, 6) is 1.99. The Kier molecular flexibility index (Phi) is 3.25. The predicted octanol–water partition coefficient (Wildman–Crippen LogP) is 1.33.